The topological polar surface area (TPSA) is 98.5 Å². The number of nitro benzene ring substituents is 1. The zero-order valence-corrected chi connectivity index (χ0v) is 12.9. The number of nitrogens with one attached hydrogen (secondary N) is 1. The number of carbonyl (C=O) groups is 2. The van der Waals surface area contributed by atoms with Crippen molar-refractivity contribution in [2.75, 3.05) is 5.32 Å². The Bertz CT molecular complexity index is 852. The van der Waals surface area contributed by atoms with Gasteiger partial charge in [-0.3, -0.25) is 14.9 Å². The van der Waals surface area contributed by atoms with Gasteiger partial charge in [-0.05, 0) is 23.8 Å². The highest BCUT2D eigenvalue weighted by atomic mass is 35.5. The van der Waals surface area contributed by atoms with Gasteiger partial charge in [-0.25, -0.2) is 4.79 Å². The van der Waals surface area contributed by atoms with Gasteiger partial charge in [0, 0.05) is 17.5 Å². The van der Waals surface area contributed by atoms with Gasteiger partial charge in [-0.1, -0.05) is 29.8 Å². The first-order valence-electron chi connectivity index (χ1n) is 6.99. The van der Waals surface area contributed by atoms with Crippen molar-refractivity contribution in [1.82, 2.24) is 0 Å². The van der Waals surface area contributed by atoms with Gasteiger partial charge in [0.1, 0.15) is 5.69 Å². The Morgan fingerprint density at radius 1 is 1.29 bits per heavy atom. The molecule has 1 aliphatic rings. The molecule has 0 fully saturated rings. The Kier molecular flexibility index (Phi) is 4.18. The highest BCUT2D eigenvalue weighted by Gasteiger charge is 2.32. The fourth-order valence-corrected chi connectivity index (χ4v) is 2.62. The van der Waals surface area contributed by atoms with Crippen LogP contribution < -0.4 is 5.32 Å². The second-order valence-electron chi connectivity index (χ2n) is 5.16. The van der Waals surface area contributed by atoms with Crippen molar-refractivity contribution in [3.63, 3.8) is 0 Å². The number of esters is 1. The van der Waals surface area contributed by atoms with E-state index < -0.39 is 22.9 Å². The quantitative estimate of drug-likeness (QED) is 0.523. The Morgan fingerprint density at radius 2 is 2.04 bits per heavy atom. The van der Waals surface area contributed by atoms with E-state index in [0.717, 1.165) is 6.07 Å². The number of rotatable bonds is 3. The summed E-state index contributed by atoms with van der Waals surface area (Å²) in [5, 5.41) is 13.7. The van der Waals surface area contributed by atoms with Crippen LogP contribution in [0.2, 0.25) is 5.02 Å². The third-order valence-electron chi connectivity index (χ3n) is 3.60. The molecule has 1 atom stereocenters. The van der Waals surface area contributed by atoms with E-state index in [1.165, 1.54) is 12.1 Å². The van der Waals surface area contributed by atoms with Gasteiger partial charge in [-0.2, -0.15) is 0 Å². The number of anilines is 1. The average Bonchev–Trinajstić information content (AvgIpc) is 2.56. The van der Waals surface area contributed by atoms with E-state index >= 15 is 0 Å². The van der Waals surface area contributed by atoms with E-state index in [2.05, 4.69) is 5.32 Å². The molecule has 0 aromatic heterocycles. The minimum absolute atomic E-state index is 0.00990. The molecule has 0 saturated carbocycles. The number of halogens is 1. The number of nitrogens with zero attached hydrogens (tertiary/aromatic N) is 1. The number of nitro groups is 1. The van der Waals surface area contributed by atoms with E-state index in [-0.39, 0.29) is 22.8 Å². The Labute approximate surface area is 141 Å². The lowest BCUT2D eigenvalue weighted by molar-refractivity contribution is -0.383. The van der Waals surface area contributed by atoms with Gasteiger partial charge in [0.05, 0.1) is 10.5 Å². The third kappa shape index (κ3) is 3.07. The number of carbonyl (C=O) groups excluding carboxylic acids is 2. The van der Waals surface area contributed by atoms with Crippen LogP contribution >= 0.6 is 11.6 Å². The molecule has 1 aliphatic heterocycles. The number of benzene rings is 2. The van der Waals surface area contributed by atoms with Crippen LogP contribution in [0.15, 0.2) is 42.5 Å². The van der Waals surface area contributed by atoms with Gasteiger partial charge < -0.3 is 10.1 Å². The predicted octanol–water partition coefficient (Wildman–Crippen LogP) is 2.97. The first kappa shape index (κ1) is 15.9. The van der Waals surface area contributed by atoms with E-state index in [1.54, 1.807) is 24.3 Å². The number of amides is 1. The molecule has 1 amide bonds. The number of ether oxygens (including phenoxy) is 1. The average molecular weight is 347 g/mol. The van der Waals surface area contributed by atoms with Crippen molar-refractivity contribution < 1.29 is 19.2 Å². The van der Waals surface area contributed by atoms with E-state index in [0.29, 0.717) is 11.1 Å². The van der Waals surface area contributed by atoms with Crippen LogP contribution in [0, 0.1) is 10.1 Å². The summed E-state index contributed by atoms with van der Waals surface area (Å²) in [6, 6.07) is 10.7. The molecular formula is C16H11ClN2O5. The molecule has 1 N–H and O–H groups in total. The summed E-state index contributed by atoms with van der Waals surface area (Å²) < 4.78 is 5.12. The van der Waals surface area contributed by atoms with Crippen LogP contribution in [0.4, 0.5) is 11.4 Å². The standard InChI is InChI=1S/C16H11ClN2O5/c17-10-5-6-12(13(8-10)19(22)23)18-15(20)14-7-9-3-1-2-4-11(9)16(21)24-14/h1-6,8,14H,7H2,(H,18,20). The van der Waals surface area contributed by atoms with Gasteiger partial charge in [0.25, 0.3) is 11.6 Å². The van der Waals surface area contributed by atoms with Crippen LogP contribution in [0.1, 0.15) is 15.9 Å². The molecule has 7 nitrogen and oxygen atoms in total. The summed E-state index contributed by atoms with van der Waals surface area (Å²) in [6.07, 6.45) is -0.850. The van der Waals surface area contributed by atoms with Crippen molar-refractivity contribution in [3.05, 3.63) is 68.7 Å². The number of cyclic esters (lactones) is 1. The maximum atomic E-state index is 12.3. The number of hydrogen-bond acceptors (Lipinski definition) is 5. The largest absolute Gasteiger partial charge is 0.448 e. The minimum Gasteiger partial charge on any atom is -0.448 e. The predicted molar refractivity (Wildman–Crippen MR) is 86.1 cm³/mol. The van der Waals surface area contributed by atoms with Crippen LogP contribution in [-0.4, -0.2) is 22.9 Å². The highest BCUT2D eigenvalue weighted by Crippen LogP contribution is 2.29. The molecule has 0 bridgehead atoms. The number of hydrogen-bond donors (Lipinski definition) is 1. The molecule has 0 spiro atoms. The van der Waals surface area contributed by atoms with E-state index in [1.807, 2.05) is 0 Å². The first-order chi connectivity index (χ1) is 11.5. The minimum atomic E-state index is -1.05. The van der Waals surface area contributed by atoms with Crippen molar-refractivity contribution >= 4 is 34.9 Å². The molecule has 24 heavy (non-hydrogen) atoms. The van der Waals surface area contributed by atoms with E-state index in [9.17, 15) is 19.7 Å². The Morgan fingerprint density at radius 3 is 2.79 bits per heavy atom. The smallest absolute Gasteiger partial charge is 0.339 e. The van der Waals surface area contributed by atoms with Crippen molar-refractivity contribution in [2.45, 2.75) is 12.5 Å². The first-order valence-corrected chi connectivity index (χ1v) is 7.37. The van der Waals surface area contributed by atoms with Crippen molar-refractivity contribution in [1.29, 1.82) is 0 Å². The third-order valence-corrected chi connectivity index (χ3v) is 3.83. The summed E-state index contributed by atoms with van der Waals surface area (Å²) in [5.74, 6) is -1.23. The molecule has 0 saturated heterocycles. The summed E-state index contributed by atoms with van der Waals surface area (Å²) in [6.45, 7) is 0. The summed E-state index contributed by atoms with van der Waals surface area (Å²) >= 11 is 5.73. The normalized spacial score (nSPS) is 16.0. The summed E-state index contributed by atoms with van der Waals surface area (Å²) in [4.78, 5) is 34.7. The Hall–Kier alpha value is -2.93. The van der Waals surface area contributed by atoms with Crippen molar-refractivity contribution in [3.8, 4) is 0 Å². The van der Waals surface area contributed by atoms with Gasteiger partial charge in [-0.15, -0.1) is 0 Å². The molecule has 2 aromatic carbocycles. The summed E-state index contributed by atoms with van der Waals surface area (Å²) in [5.41, 5.74) is 0.765. The molecule has 0 radical (unpaired) electrons. The number of fused-ring (bicyclic) bond motifs is 1. The molecule has 1 unspecified atom stereocenters. The zero-order chi connectivity index (χ0) is 17.3. The summed E-state index contributed by atoms with van der Waals surface area (Å²) in [7, 11) is 0. The van der Waals surface area contributed by atoms with Crippen LogP contribution in [-0.2, 0) is 16.0 Å². The second-order valence-corrected chi connectivity index (χ2v) is 5.60. The van der Waals surface area contributed by atoms with Gasteiger partial charge in [0.15, 0.2) is 6.10 Å². The molecule has 8 heteroatoms. The highest BCUT2D eigenvalue weighted by molar-refractivity contribution is 6.31. The monoisotopic (exact) mass is 346 g/mol. The van der Waals surface area contributed by atoms with E-state index in [4.69, 9.17) is 16.3 Å². The Balaban J connectivity index is 1.82. The molecule has 122 valence electrons. The van der Waals surface area contributed by atoms with Crippen LogP contribution in [0.25, 0.3) is 0 Å². The molecule has 3 rings (SSSR count). The molecular weight excluding hydrogens is 336 g/mol. The maximum Gasteiger partial charge on any atom is 0.339 e. The zero-order valence-electron chi connectivity index (χ0n) is 12.2. The second kappa shape index (κ2) is 6.29. The van der Waals surface area contributed by atoms with Gasteiger partial charge in [0.2, 0.25) is 0 Å². The molecule has 0 aliphatic carbocycles. The maximum absolute atomic E-state index is 12.3. The molecule has 1 heterocycles. The van der Waals surface area contributed by atoms with Crippen molar-refractivity contribution in [2.24, 2.45) is 0 Å². The van der Waals surface area contributed by atoms with Crippen LogP contribution in [0.3, 0.4) is 0 Å². The van der Waals surface area contributed by atoms with Crippen LogP contribution in [0.5, 0.6) is 0 Å². The lowest BCUT2D eigenvalue weighted by Crippen LogP contribution is -2.38. The van der Waals surface area contributed by atoms with Gasteiger partial charge >= 0.3 is 5.97 Å². The SMILES string of the molecule is O=C1OC(C(=O)Nc2ccc(Cl)cc2[N+](=O)[O-])Cc2ccccc21. The molecule has 2 aromatic rings. The fourth-order valence-electron chi connectivity index (χ4n) is 2.45. The lowest BCUT2D eigenvalue weighted by atomic mass is 9.98. The lowest BCUT2D eigenvalue weighted by Gasteiger charge is -2.23. The fraction of sp³-hybridized carbons (Fsp3) is 0.125.